The van der Waals surface area contributed by atoms with Crippen LogP contribution in [-0.2, 0) is 17.6 Å². The predicted molar refractivity (Wildman–Crippen MR) is 126 cm³/mol. The van der Waals surface area contributed by atoms with E-state index in [0.717, 1.165) is 35.4 Å². The van der Waals surface area contributed by atoms with Crippen LogP contribution in [0.3, 0.4) is 0 Å². The molecule has 0 saturated heterocycles. The topological polar surface area (TPSA) is 75.6 Å². The number of thiophene rings is 1. The van der Waals surface area contributed by atoms with Crippen LogP contribution in [0.2, 0.25) is 0 Å². The van der Waals surface area contributed by atoms with Gasteiger partial charge in [0.15, 0.2) is 5.78 Å². The van der Waals surface area contributed by atoms with Crippen molar-refractivity contribution < 1.29 is 19.4 Å². The first-order chi connectivity index (χ1) is 14.6. The van der Waals surface area contributed by atoms with Gasteiger partial charge in [0.05, 0.1) is 4.88 Å². The summed E-state index contributed by atoms with van der Waals surface area (Å²) in [4.78, 5) is 26.2. The maximum Gasteiger partial charge on any atom is 0.409 e. The molecule has 0 aliphatic heterocycles. The maximum absolute atomic E-state index is 12.5. The molecule has 2 atom stereocenters. The van der Waals surface area contributed by atoms with Crippen LogP contribution in [0.25, 0.3) is 0 Å². The van der Waals surface area contributed by atoms with Crippen LogP contribution in [-0.4, -0.2) is 28.8 Å². The van der Waals surface area contributed by atoms with Gasteiger partial charge in [-0.15, -0.1) is 11.3 Å². The molecule has 2 rings (SSSR count). The van der Waals surface area contributed by atoms with Gasteiger partial charge in [-0.25, -0.2) is 4.79 Å². The third kappa shape index (κ3) is 9.66. The molecule has 5 nitrogen and oxygen atoms in total. The first kappa shape index (κ1) is 25.1. The Bertz CT molecular complexity index is 826. The number of unbranched alkanes of at least 4 members (excludes halogenated alkanes) is 1. The Morgan fingerprint density at radius 2 is 1.77 bits per heavy atom. The molecule has 170 valence electrons. The summed E-state index contributed by atoms with van der Waals surface area (Å²) < 4.78 is 5.17. The molecule has 2 aromatic rings. The van der Waals surface area contributed by atoms with Gasteiger partial charge in [-0.1, -0.05) is 37.3 Å². The molecule has 1 aromatic heterocycles. The average Bonchev–Trinajstić information content (AvgIpc) is 3.17. The number of carbonyl (C=O) groups is 2. The van der Waals surface area contributed by atoms with Crippen LogP contribution < -0.4 is 5.32 Å². The van der Waals surface area contributed by atoms with Crippen molar-refractivity contribution in [2.75, 3.05) is 0 Å². The molecule has 0 aliphatic carbocycles. The first-order valence-corrected chi connectivity index (χ1v) is 11.8. The van der Waals surface area contributed by atoms with Crippen LogP contribution in [0.15, 0.2) is 42.5 Å². The van der Waals surface area contributed by atoms with E-state index in [2.05, 4.69) is 17.4 Å². The van der Waals surface area contributed by atoms with Crippen molar-refractivity contribution in [2.45, 2.75) is 78.0 Å². The zero-order valence-electron chi connectivity index (χ0n) is 19.0. The van der Waals surface area contributed by atoms with E-state index in [1.165, 1.54) is 16.9 Å². The van der Waals surface area contributed by atoms with E-state index in [-0.39, 0.29) is 11.7 Å². The van der Waals surface area contributed by atoms with E-state index in [0.29, 0.717) is 12.8 Å². The van der Waals surface area contributed by atoms with E-state index < -0.39 is 17.9 Å². The quantitative estimate of drug-likeness (QED) is 0.262. The van der Waals surface area contributed by atoms with Gasteiger partial charge in [0.1, 0.15) is 11.8 Å². The van der Waals surface area contributed by atoms with Gasteiger partial charge >= 0.3 is 6.09 Å². The molecule has 1 aromatic carbocycles. The number of ether oxygens (including phenoxy) is 1. The van der Waals surface area contributed by atoms with Gasteiger partial charge in [-0.2, -0.15) is 0 Å². The summed E-state index contributed by atoms with van der Waals surface area (Å²) in [5.74, 6) is 0.0655. The summed E-state index contributed by atoms with van der Waals surface area (Å²) in [7, 11) is 0. The molecule has 1 unspecified atom stereocenters. The average molecular weight is 446 g/mol. The molecule has 0 saturated carbocycles. The third-order valence-corrected chi connectivity index (χ3v) is 6.13. The van der Waals surface area contributed by atoms with E-state index in [1.54, 1.807) is 20.8 Å². The van der Waals surface area contributed by atoms with E-state index >= 15 is 0 Å². The van der Waals surface area contributed by atoms with Gasteiger partial charge in [-0.3, -0.25) is 10.1 Å². The number of Topliss-reactive ketones (excluding diaryl/α,β-unsaturated/α-hetero) is 1. The molecule has 1 amide bonds. The molecular formula is C25H35NO4S. The smallest absolute Gasteiger partial charge is 0.409 e. The molecule has 2 N–H and O–H groups in total. The van der Waals surface area contributed by atoms with Crippen molar-refractivity contribution in [3.63, 3.8) is 0 Å². The Kier molecular flexibility index (Phi) is 9.72. The highest BCUT2D eigenvalue weighted by Gasteiger charge is 2.21. The number of ketones is 1. The highest BCUT2D eigenvalue weighted by molar-refractivity contribution is 7.14. The zero-order valence-corrected chi connectivity index (χ0v) is 19.8. The van der Waals surface area contributed by atoms with Gasteiger partial charge in [0.2, 0.25) is 0 Å². The number of amides is 1. The highest BCUT2D eigenvalue weighted by atomic mass is 32.1. The fraction of sp³-hybridized carbons (Fsp3) is 0.520. The maximum atomic E-state index is 12.5. The number of aryl methyl sites for hydroxylation is 2. The standard InChI is InChI=1S/C25H35NO4S/c1-18(23(28)26-24(29)30-25(2,3)4)14-15-20-16-17-22(31-20)21(27)13-9-8-12-19-10-6-5-7-11-19/h5-7,10-11,16-18,23,28H,8-9,12-15H2,1-4H3,(H,26,29)/t18-,23?/m1/s1. The number of aliphatic hydroxyl groups is 1. The number of rotatable bonds is 11. The summed E-state index contributed by atoms with van der Waals surface area (Å²) in [6.07, 6.45) is 3.32. The molecule has 0 bridgehead atoms. The number of hydrogen-bond donors (Lipinski definition) is 2. The number of nitrogens with one attached hydrogen (secondary N) is 1. The van der Waals surface area contributed by atoms with Crippen molar-refractivity contribution >= 4 is 23.2 Å². The molecule has 0 spiro atoms. The normalized spacial score (nSPS) is 13.5. The largest absolute Gasteiger partial charge is 0.444 e. The lowest BCUT2D eigenvalue weighted by Gasteiger charge is -2.24. The Morgan fingerprint density at radius 3 is 2.45 bits per heavy atom. The predicted octanol–water partition coefficient (Wildman–Crippen LogP) is 5.76. The molecule has 0 aliphatic rings. The third-order valence-electron chi connectivity index (χ3n) is 4.95. The second kappa shape index (κ2) is 12.0. The number of carbonyl (C=O) groups excluding carboxylic acids is 2. The van der Waals surface area contributed by atoms with E-state index in [1.807, 2.05) is 37.3 Å². The van der Waals surface area contributed by atoms with Gasteiger partial charge in [0, 0.05) is 17.2 Å². The van der Waals surface area contributed by atoms with E-state index in [9.17, 15) is 14.7 Å². The van der Waals surface area contributed by atoms with Crippen LogP contribution in [0, 0.1) is 5.92 Å². The summed E-state index contributed by atoms with van der Waals surface area (Å²) >= 11 is 1.53. The van der Waals surface area contributed by atoms with Crippen LogP contribution in [0.5, 0.6) is 0 Å². The van der Waals surface area contributed by atoms with Gasteiger partial charge in [0.25, 0.3) is 0 Å². The lowest BCUT2D eigenvalue weighted by atomic mass is 10.0. The van der Waals surface area contributed by atoms with Crippen molar-refractivity contribution in [3.05, 3.63) is 57.8 Å². The second-order valence-corrected chi connectivity index (χ2v) is 10.2. The molecule has 6 heteroatoms. The minimum absolute atomic E-state index is 0.133. The summed E-state index contributed by atoms with van der Waals surface area (Å²) in [6, 6.07) is 14.2. The minimum atomic E-state index is -0.972. The lowest BCUT2D eigenvalue weighted by Crippen LogP contribution is -2.42. The Morgan fingerprint density at radius 1 is 1.06 bits per heavy atom. The SMILES string of the molecule is C[C@H](CCc1ccc(C(=O)CCCCc2ccccc2)s1)C(O)NC(=O)OC(C)(C)C. The summed E-state index contributed by atoms with van der Waals surface area (Å²) in [6.45, 7) is 7.22. The summed E-state index contributed by atoms with van der Waals surface area (Å²) in [5, 5.41) is 12.7. The first-order valence-electron chi connectivity index (χ1n) is 11.0. The second-order valence-electron chi connectivity index (χ2n) is 8.99. The minimum Gasteiger partial charge on any atom is -0.444 e. The number of aliphatic hydroxyl groups excluding tert-OH is 1. The van der Waals surface area contributed by atoms with Crippen LogP contribution in [0.4, 0.5) is 4.79 Å². The molecule has 1 heterocycles. The van der Waals surface area contributed by atoms with Crippen molar-refractivity contribution in [1.29, 1.82) is 0 Å². The molecule has 31 heavy (non-hydrogen) atoms. The summed E-state index contributed by atoms with van der Waals surface area (Å²) in [5.41, 5.74) is 0.708. The van der Waals surface area contributed by atoms with Gasteiger partial charge < -0.3 is 9.84 Å². The van der Waals surface area contributed by atoms with Crippen molar-refractivity contribution in [1.82, 2.24) is 5.32 Å². The Labute approximate surface area is 189 Å². The molecule has 0 radical (unpaired) electrons. The van der Waals surface area contributed by atoms with Crippen molar-refractivity contribution in [2.24, 2.45) is 5.92 Å². The highest BCUT2D eigenvalue weighted by Crippen LogP contribution is 2.23. The van der Waals surface area contributed by atoms with Crippen LogP contribution in [0.1, 0.15) is 73.5 Å². The van der Waals surface area contributed by atoms with E-state index in [4.69, 9.17) is 4.74 Å². The molecule has 0 fully saturated rings. The zero-order chi connectivity index (χ0) is 22.9. The Balaban J connectivity index is 1.70. The number of hydrogen-bond acceptors (Lipinski definition) is 5. The number of benzene rings is 1. The Hall–Kier alpha value is -2.18. The fourth-order valence-electron chi connectivity index (χ4n) is 3.14. The fourth-order valence-corrected chi connectivity index (χ4v) is 4.13. The van der Waals surface area contributed by atoms with Crippen molar-refractivity contribution in [3.8, 4) is 0 Å². The number of alkyl carbamates (subject to hydrolysis) is 1. The molecular weight excluding hydrogens is 410 g/mol. The lowest BCUT2D eigenvalue weighted by molar-refractivity contribution is 0.0236. The van der Waals surface area contributed by atoms with Crippen LogP contribution >= 0.6 is 11.3 Å². The van der Waals surface area contributed by atoms with Gasteiger partial charge in [-0.05, 0) is 70.6 Å². The monoisotopic (exact) mass is 445 g/mol.